The predicted octanol–water partition coefficient (Wildman–Crippen LogP) is 2.36. The van der Waals surface area contributed by atoms with Crippen LogP contribution < -0.4 is 16.2 Å². The molecule has 2 amide bonds. The van der Waals surface area contributed by atoms with Crippen LogP contribution in [0.15, 0.2) is 46.8 Å². The van der Waals surface area contributed by atoms with Gasteiger partial charge in [0.25, 0.3) is 11.5 Å². The SMILES string of the molecule is O=C(Nc1ccc(NC(=O)C2CC2)cc1)c1cnc2sccn2c1=O. The lowest BCUT2D eigenvalue weighted by Gasteiger charge is -2.07. The van der Waals surface area contributed by atoms with Gasteiger partial charge in [-0.15, -0.1) is 11.3 Å². The molecule has 0 aliphatic heterocycles. The summed E-state index contributed by atoms with van der Waals surface area (Å²) in [7, 11) is 0. The maximum absolute atomic E-state index is 12.3. The van der Waals surface area contributed by atoms with Crippen LogP contribution in [0.2, 0.25) is 0 Å². The molecule has 1 aromatic carbocycles. The molecule has 8 heteroatoms. The highest BCUT2D eigenvalue weighted by atomic mass is 32.1. The summed E-state index contributed by atoms with van der Waals surface area (Å²) in [5.74, 6) is -0.361. The van der Waals surface area contributed by atoms with Gasteiger partial charge in [0, 0.05) is 35.1 Å². The molecule has 0 bridgehead atoms. The zero-order valence-electron chi connectivity index (χ0n) is 13.1. The quantitative estimate of drug-likeness (QED) is 0.752. The molecule has 7 nitrogen and oxygen atoms in total. The summed E-state index contributed by atoms with van der Waals surface area (Å²) < 4.78 is 1.34. The number of carbonyl (C=O) groups excluding carboxylic acids is 2. The van der Waals surface area contributed by atoms with E-state index >= 15 is 0 Å². The van der Waals surface area contributed by atoms with Crippen LogP contribution in [0, 0.1) is 5.92 Å². The Morgan fingerprint density at radius 1 is 1.12 bits per heavy atom. The van der Waals surface area contributed by atoms with E-state index in [1.807, 2.05) is 0 Å². The first-order chi connectivity index (χ1) is 12.1. The first-order valence-electron chi connectivity index (χ1n) is 7.79. The lowest BCUT2D eigenvalue weighted by molar-refractivity contribution is -0.117. The minimum absolute atomic E-state index is 0.0259. The highest BCUT2D eigenvalue weighted by Crippen LogP contribution is 2.30. The van der Waals surface area contributed by atoms with Crippen LogP contribution in [-0.4, -0.2) is 21.2 Å². The van der Waals surface area contributed by atoms with Crippen LogP contribution in [0.3, 0.4) is 0 Å². The zero-order chi connectivity index (χ0) is 17.4. The molecule has 3 aromatic rings. The molecule has 4 rings (SSSR count). The molecule has 0 unspecified atom stereocenters. The number of thiazole rings is 1. The van der Waals surface area contributed by atoms with E-state index in [2.05, 4.69) is 15.6 Å². The first-order valence-corrected chi connectivity index (χ1v) is 8.67. The van der Waals surface area contributed by atoms with Crippen LogP contribution in [0.1, 0.15) is 23.2 Å². The van der Waals surface area contributed by atoms with E-state index in [1.54, 1.807) is 35.8 Å². The second kappa shape index (κ2) is 6.14. The van der Waals surface area contributed by atoms with Crippen LogP contribution in [0.4, 0.5) is 11.4 Å². The average molecular weight is 354 g/mol. The molecule has 0 saturated heterocycles. The molecular formula is C17H14N4O3S. The largest absolute Gasteiger partial charge is 0.326 e. The molecule has 126 valence electrons. The van der Waals surface area contributed by atoms with E-state index in [9.17, 15) is 14.4 Å². The van der Waals surface area contributed by atoms with Gasteiger partial charge in [0.1, 0.15) is 5.56 Å². The second-order valence-corrected chi connectivity index (χ2v) is 6.70. The van der Waals surface area contributed by atoms with E-state index < -0.39 is 11.5 Å². The van der Waals surface area contributed by atoms with Crippen molar-refractivity contribution in [1.29, 1.82) is 0 Å². The second-order valence-electron chi connectivity index (χ2n) is 5.83. The third-order valence-corrected chi connectivity index (χ3v) is 4.72. The first kappa shape index (κ1) is 15.5. The number of nitrogens with one attached hydrogen (secondary N) is 2. The van der Waals surface area contributed by atoms with Gasteiger partial charge in [0.15, 0.2) is 4.96 Å². The number of aromatic nitrogens is 2. The fourth-order valence-electron chi connectivity index (χ4n) is 2.41. The minimum Gasteiger partial charge on any atom is -0.326 e. The number of benzene rings is 1. The van der Waals surface area contributed by atoms with Gasteiger partial charge in [0.05, 0.1) is 0 Å². The number of amides is 2. The monoisotopic (exact) mass is 354 g/mol. The summed E-state index contributed by atoms with van der Waals surface area (Å²) in [5.41, 5.74) is 0.777. The molecule has 2 heterocycles. The van der Waals surface area contributed by atoms with Crippen molar-refractivity contribution in [2.45, 2.75) is 12.8 Å². The summed E-state index contributed by atoms with van der Waals surface area (Å²) in [4.78, 5) is 41.0. The Bertz CT molecular complexity index is 1020. The van der Waals surface area contributed by atoms with E-state index in [-0.39, 0.29) is 17.4 Å². The molecule has 2 N–H and O–H groups in total. The van der Waals surface area contributed by atoms with Gasteiger partial charge in [-0.05, 0) is 37.1 Å². The molecule has 1 aliphatic rings. The average Bonchev–Trinajstić information content (AvgIpc) is 3.35. The number of carbonyl (C=O) groups is 2. The Hall–Kier alpha value is -3.00. The van der Waals surface area contributed by atoms with Gasteiger partial charge in [0.2, 0.25) is 5.91 Å². The highest BCUT2D eigenvalue weighted by Gasteiger charge is 2.29. The molecule has 1 fully saturated rings. The summed E-state index contributed by atoms with van der Waals surface area (Å²) in [5, 5.41) is 7.23. The maximum Gasteiger partial charge on any atom is 0.271 e. The third kappa shape index (κ3) is 3.16. The van der Waals surface area contributed by atoms with E-state index in [1.165, 1.54) is 21.9 Å². The molecule has 0 atom stereocenters. The number of nitrogens with zero attached hydrogens (tertiary/aromatic N) is 2. The summed E-state index contributed by atoms with van der Waals surface area (Å²) >= 11 is 1.32. The van der Waals surface area contributed by atoms with Crippen molar-refractivity contribution in [2.75, 3.05) is 10.6 Å². The molecule has 0 radical (unpaired) electrons. The molecule has 1 saturated carbocycles. The van der Waals surface area contributed by atoms with Crippen molar-refractivity contribution in [3.05, 3.63) is 58.0 Å². The van der Waals surface area contributed by atoms with Crippen molar-refractivity contribution >= 4 is 39.5 Å². The predicted molar refractivity (Wildman–Crippen MR) is 95.1 cm³/mol. The Kier molecular flexibility index (Phi) is 3.81. The van der Waals surface area contributed by atoms with Crippen molar-refractivity contribution in [3.8, 4) is 0 Å². The fourth-order valence-corrected chi connectivity index (χ4v) is 3.08. The van der Waals surface area contributed by atoms with Gasteiger partial charge < -0.3 is 10.6 Å². The van der Waals surface area contributed by atoms with Crippen LogP contribution in [0.25, 0.3) is 4.96 Å². The maximum atomic E-state index is 12.3. The van der Waals surface area contributed by atoms with Gasteiger partial charge >= 0.3 is 0 Å². The van der Waals surface area contributed by atoms with Crippen LogP contribution in [0.5, 0.6) is 0 Å². The normalized spacial score (nSPS) is 13.6. The smallest absolute Gasteiger partial charge is 0.271 e. The number of hydrogen-bond donors (Lipinski definition) is 2. The van der Waals surface area contributed by atoms with Crippen molar-refractivity contribution in [3.63, 3.8) is 0 Å². The third-order valence-electron chi connectivity index (χ3n) is 3.95. The molecule has 25 heavy (non-hydrogen) atoms. The van der Waals surface area contributed by atoms with E-state index in [4.69, 9.17) is 0 Å². The number of fused-ring (bicyclic) bond motifs is 1. The van der Waals surface area contributed by atoms with E-state index in [0.717, 1.165) is 12.8 Å². The summed E-state index contributed by atoms with van der Waals surface area (Å²) in [6, 6.07) is 6.77. The van der Waals surface area contributed by atoms with Crippen LogP contribution >= 0.6 is 11.3 Å². The highest BCUT2D eigenvalue weighted by molar-refractivity contribution is 7.15. The Morgan fingerprint density at radius 3 is 2.48 bits per heavy atom. The van der Waals surface area contributed by atoms with Crippen molar-refractivity contribution in [2.24, 2.45) is 5.92 Å². The Balaban J connectivity index is 1.48. The number of rotatable bonds is 4. The summed E-state index contributed by atoms with van der Waals surface area (Å²) in [6.07, 6.45) is 4.76. The van der Waals surface area contributed by atoms with Gasteiger partial charge in [-0.1, -0.05) is 0 Å². The Labute approximate surface area is 146 Å². The Morgan fingerprint density at radius 2 is 1.80 bits per heavy atom. The fraction of sp³-hybridized carbons (Fsp3) is 0.176. The lowest BCUT2D eigenvalue weighted by Crippen LogP contribution is -2.25. The topological polar surface area (TPSA) is 92.6 Å². The summed E-state index contributed by atoms with van der Waals surface area (Å²) in [6.45, 7) is 0. The van der Waals surface area contributed by atoms with Crippen molar-refractivity contribution in [1.82, 2.24) is 9.38 Å². The zero-order valence-corrected chi connectivity index (χ0v) is 13.9. The van der Waals surface area contributed by atoms with E-state index in [0.29, 0.717) is 16.3 Å². The van der Waals surface area contributed by atoms with Crippen molar-refractivity contribution < 1.29 is 9.59 Å². The lowest BCUT2D eigenvalue weighted by atomic mass is 10.2. The molecular weight excluding hydrogens is 340 g/mol. The van der Waals surface area contributed by atoms with Gasteiger partial charge in [-0.3, -0.25) is 18.8 Å². The minimum atomic E-state index is -0.520. The molecule has 2 aromatic heterocycles. The molecule has 0 spiro atoms. The van der Waals surface area contributed by atoms with Gasteiger partial charge in [-0.2, -0.15) is 0 Å². The molecule has 1 aliphatic carbocycles. The standard InChI is InChI=1S/C17H14N4O3S/c22-14(10-1-2-10)19-11-3-5-12(6-4-11)20-15(23)13-9-18-17-21(16(13)24)7-8-25-17/h3-10H,1-2H2,(H,19,22)(H,20,23). The van der Waals surface area contributed by atoms with Crippen LogP contribution in [-0.2, 0) is 4.79 Å². The number of hydrogen-bond acceptors (Lipinski definition) is 5. The van der Waals surface area contributed by atoms with Gasteiger partial charge in [-0.25, -0.2) is 4.98 Å². The number of anilines is 2.